The molecule has 168 valence electrons. The number of fused-ring (bicyclic) bond motifs is 1. The lowest BCUT2D eigenvalue weighted by molar-refractivity contribution is -0.135. The minimum Gasteiger partial charge on any atom is -0.506 e. The summed E-state index contributed by atoms with van der Waals surface area (Å²) in [5, 5.41) is 21.0. The minimum absolute atomic E-state index is 0.0929. The fraction of sp³-hybridized carbons (Fsp3) is 0.261. The van der Waals surface area contributed by atoms with Gasteiger partial charge in [-0.3, -0.25) is 14.4 Å². The lowest BCUT2D eigenvalue weighted by atomic mass is 9.87. The summed E-state index contributed by atoms with van der Waals surface area (Å²) in [5.41, 5.74) is -0.239. The van der Waals surface area contributed by atoms with Crippen molar-refractivity contribution in [2.24, 2.45) is 0 Å². The first-order chi connectivity index (χ1) is 14.9. The maximum Gasteiger partial charge on any atom is 0.322 e. The number of amides is 1. The van der Waals surface area contributed by atoms with E-state index >= 15 is 0 Å². The van der Waals surface area contributed by atoms with Crippen LogP contribution in [0, 0.1) is 11.6 Å². The molecule has 7 nitrogen and oxygen atoms in total. The second kappa shape index (κ2) is 8.41. The first kappa shape index (κ1) is 22.9. The predicted octanol–water partition coefficient (Wildman–Crippen LogP) is 3.15. The Morgan fingerprint density at radius 1 is 1.06 bits per heavy atom. The zero-order valence-electron chi connectivity index (χ0n) is 17.7. The number of nitrogens with zero attached hydrogens (tertiary/aromatic N) is 1. The third-order valence-corrected chi connectivity index (χ3v) is 5.07. The molecule has 3 aromatic rings. The summed E-state index contributed by atoms with van der Waals surface area (Å²) < 4.78 is 28.9. The number of benzene rings is 2. The van der Waals surface area contributed by atoms with Crippen LogP contribution in [0.1, 0.15) is 42.3 Å². The molecular formula is C23H22F2N2O5. The fourth-order valence-electron chi connectivity index (χ4n) is 3.33. The van der Waals surface area contributed by atoms with Gasteiger partial charge in [0.1, 0.15) is 17.9 Å². The minimum atomic E-state index is -1.36. The molecule has 0 unspecified atom stereocenters. The van der Waals surface area contributed by atoms with Gasteiger partial charge in [-0.1, -0.05) is 45.0 Å². The summed E-state index contributed by atoms with van der Waals surface area (Å²) in [7, 11) is 0. The van der Waals surface area contributed by atoms with Gasteiger partial charge in [0, 0.05) is 11.5 Å². The van der Waals surface area contributed by atoms with Crippen molar-refractivity contribution >= 4 is 22.8 Å². The van der Waals surface area contributed by atoms with Crippen LogP contribution in [0.5, 0.6) is 5.75 Å². The Morgan fingerprint density at radius 3 is 2.22 bits per heavy atom. The van der Waals surface area contributed by atoms with Gasteiger partial charge in [-0.05, 0) is 22.6 Å². The maximum atomic E-state index is 14.0. The Kier molecular flexibility index (Phi) is 6.03. The number of aromatic hydroxyl groups is 1. The molecule has 0 radical (unpaired) electrons. The van der Waals surface area contributed by atoms with Crippen LogP contribution >= 0.6 is 0 Å². The van der Waals surface area contributed by atoms with E-state index in [9.17, 15) is 28.3 Å². The van der Waals surface area contributed by atoms with E-state index in [1.807, 2.05) is 38.2 Å². The van der Waals surface area contributed by atoms with Gasteiger partial charge in [0.05, 0.1) is 12.1 Å². The molecule has 32 heavy (non-hydrogen) atoms. The van der Waals surface area contributed by atoms with E-state index in [0.717, 1.165) is 16.2 Å². The number of carbonyl (C=O) groups is 2. The number of hydrogen-bond acceptors (Lipinski definition) is 4. The maximum absolute atomic E-state index is 14.0. The average molecular weight is 444 g/mol. The molecule has 1 heterocycles. The molecule has 3 N–H and O–H groups in total. The third-order valence-electron chi connectivity index (χ3n) is 5.07. The smallest absolute Gasteiger partial charge is 0.322 e. The topological polar surface area (TPSA) is 109 Å². The van der Waals surface area contributed by atoms with E-state index in [2.05, 4.69) is 0 Å². The molecule has 0 spiro atoms. The van der Waals surface area contributed by atoms with Crippen LogP contribution in [0.15, 0.2) is 41.2 Å². The standard InChI is InChI=1S/C23H22F2N2O5/c1-23(2,3)13-6-4-12(5-7-13)11-27-17-9-16(25)15(24)8-14(17)20(30)19(22(27)32)21(31)26-10-18(28)29/h4-9,30H,10-11H2,1-3H3,(H,26,31)(H,28,29). The zero-order valence-corrected chi connectivity index (χ0v) is 17.7. The number of carboxylic acid groups (broad SMARTS) is 1. The highest BCUT2D eigenvalue weighted by molar-refractivity contribution is 6.03. The highest BCUT2D eigenvalue weighted by Gasteiger charge is 2.24. The Hall–Kier alpha value is -3.75. The Balaban J connectivity index is 2.19. The highest BCUT2D eigenvalue weighted by atomic mass is 19.2. The van der Waals surface area contributed by atoms with Gasteiger partial charge in [0.2, 0.25) is 0 Å². The molecule has 0 atom stereocenters. The number of hydrogen-bond donors (Lipinski definition) is 3. The van der Waals surface area contributed by atoms with Crippen LogP contribution in [0.3, 0.4) is 0 Å². The monoisotopic (exact) mass is 444 g/mol. The SMILES string of the molecule is CC(C)(C)c1ccc(Cn2c(=O)c(C(=O)NCC(=O)O)c(O)c3cc(F)c(F)cc32)cc1. The van der Waals surface area contributed by atoms with Crippen LogP contribution < -0.4 is 10.9 Å². The van der Waals surface area contributed by atoms with Crippen molar-refractivity contribution in [1.29, 1.82) is 0 Å². The first-order valence-corrected chi connectivity index (χ1v) is 9.74. The molecule has 0 fully saturated rings. The lowest BCUT2D eigenvalue weighted by Gasteiger charge is -2.20. The molecule has 0 saturated heterocycles. The number of aromatic nitrogens is 1. The second-order valence-electron chi connectivity index (χ2n) is 8.42. The highest BCUT2D eigenvalue weighted by Crippen LogP contribution is 2.29. The summed E-state index contributed by atoms with van der Waals surface area (Å²) >= 11 is 0. The van der Waals surface area contributed by atoms with Gasteiger partial charge in [0.25, 0.3) is 11.5 Å². The average Bonchev–Trinajstić information content (AvgIpc) is 2.71. The van der Waals surface area contributed by atoms with E-state index in [4.69, 9.17) is 5.11 Å². The normalized spacial score (nSPS) is 11.5. The van der Waals surface area contributed by atoms with Gasteiger partial charge < -0.3 is 20.1 Å². The van der Waals surface area contributed by atoms with Crippen LogP contribution in [-0.2, 0) is 16.8 Å². The summed E-state index contributed by atoms with van der Waals surface area (Å²) in [4.78, 5) is 36.3. The van der Waals surface area contributed by atoms with Crippen molar-refractivity contribution in [3.8, 4) is 5.75 Å². The molecular weight excluding hydrogens is 422 g/mol. The Bertz CT molecular complexity index is 1280. The summed E-state index contributed by atoms with van der Waals surface area (Å²) in [6, 6.07) is 8.76. The summed E-state index contributed by atoms with van der Waals surface area (Å²) in [6.45, 7) is 5.24. The molecule has 0 aliphatic carbocycles. The van der Waals surface area contributed by atoms with E-state index in [-0.39, 0.29) is 22.9 Å². The van der Waals surface area contributed by atoms with Gasteiger partial charge in [-0.15, -0.1) is 0 Å². The molecule has 0 aliphatic heterocycles. The number of nitrogens with one attached hydrogen (secondary N) is 1. The van der Waals surface area contributed by atoms with Crippen LogP contribution in [-0.4, -0.2) is 33.2 Å². The number of rotatable bonds is 5. The van der Waals surface area contributed by atoms with E-state index in [1.165, 1.54) is 0 Å². The predicted molar refractivity (Wildman–Crippen MR) is 114 cm³/mol. The van der Waals surface area contributed by atoms with Crippen molar-refractivity contribution in [1.82, 2.24) is 9.88 Å². The van der Waals surface area contributed by atoms with Crippen LogP contribution in [0.25, 0.3) is 10.9 Å². The summed E-state index contributed by atoms with van der Waals surface area (Å²) in [6.07, 6.45) is 0. The second-order valence-corrected chi connectivity index (χ2v) is 8.42. The molecule has 1 aromatic heterocycles. The number of halogens is 2. The van der Waals surface area contributed by atoms with Crippen molar-refractivity contribution < 1.29 is 28.6 Å². The molecule has 2 aromatic carbocycles. The molecule has 0 bridgehead atoms. The van der Waals surface area contributed by atoms with Crippen LogP contribution in [0.4, 0.5) is 8.78 Å². The zero-order chi connectivity index (χ0) is 23.8. The van der Waals surface area contributed by atoms with E-state index in [1.54, 1.807) is 12.1 Å². The van der Waals surface area contributed by atoms with Gasteiger partial charge >= 0.3 is 5.97 Å². The van der Waals surface area contributed by atoms with Crippen molar-refractivity contribution in [3.63, 3.8) is 0 Å². The Labute approximate surface area is 181 Å². The number of carboxylic acids is 1. The molecule has 0 saturated carbocycles. The molecule has 1 amide bonds. The number of carbonyl (C=O) groups excluding carboxylic acids is 1. The van der Waals surface area contributed by atoms with Crippen LogP contribution in [0.2, 0.25) is 0 Å². The van der Waals surface area contributed by atoms with E-state index < -0.39 is 46.9 Å². The van der Waals surface area contributed by atoms with Gasteiger partial charge in [-0.25, -0.2) is 8.78 Å². The molecule has 3 rings (SSSR count). The van der Waals surface area contributed by atoms with Crippen molar-refractivity contribution in [2.75, 3.05) is 6.54 Å². The van der Waals surface area contributed by atoms with E-state index in [0.29, 0.717) is 11.6 Å². The lowest BCUT2D eigenvalue weighted by Crippen LogP contribution is -2.36. The van der Waals surface area contributed by atoms with Gasteiger partial charge in [-0.2, -0.15) is 0 Å². The quantitative estimate of drug-likeness (QED) is 0.560. The number of aliphatic carboxylic acids is 1. The Morgan fingerprint density at radius 2 is 1.66 bits per heavy atom. The number of pyridine rings is 1. The summed E-state index contributed by atoms with van der Waals surface area (Å²) in [5.74, 6) is -5.85. The molecule has 9 heteroatoms. The fourth-order valence-corrected chi connectivity index (χ4v) is 3.33. The van der Waals surface area contributed by atoms with Crippen molar-refractivity contribution in [3.05, 3.63) is 75.1 Å². The molecule has 0 aliphatic rings. The third kappa shape index (κ3) is 4.46. The largest absolute Gasteiger partial charge is 0.506 e. The van der Waals surface area contributed by atoms with Crippen molar-refractivity contribution in [2.45, 2.75) is 32.7 Å². The first-order valence-electron chi connectivity index (χ1n) is 9.74. The van der Waals surface area contributed by atoms with Gasteiger partial charge in [0.15, 0.2) is 11.6 Å².